The van der Waals surface area contributed by atoms with E-state index in [1.807, 2.05) is 31.3 Å². The fraction of sp³-hybridized carbons (Fsp3) is 0.600. The van der Waals surface area contributed by atoms with Crippen LogP contribution in [0.1, 0.15) is 19.4 Å². The second-order valence-corrected chi connectivity index (χ2v) is 5.85. The van der Waals surface area contributed by atoms with Crippen LogP contribution in [0.25, 0.3) is 0 Å². The van der Waals surface area contributed by atoms with E-state index in [-0.39, 0.29) is 0 Å². The second kappa shape index (κ2) is 8.54. The Kier molecular flexibility index (Phi) is 7.39. The minimum Gasteiger partial charge on any atom is -0.389 e. The Balaban J connectivity index is 2.19. The number of hydrogen-bond donors (Lipinski definition) is 1. The molecule has 19 heavy (non-hydrogen) atoms. The maximum absolute atomic E-state index is 9.87. The lowest BCUT2D eigenvalue weighted by Gasteiger charge is -2.22. The molecule has 0 saturated heterocycles. The van der Waals surface area contributed by atoms with E-state index < -0.39 is 6.10 Å². The zero-order valence-corrected chi connectivity index (χ0v) is 12.7. The number of nitrogens with zero attached hydrogens (tertiary/aromatic N) is 1. The van der Waals surface area contributed by atoms with Crippen molar-refractivity contribution in [3.8, 4) is 0 Å². The van der Waals surface area contributed by atoms with Crippen molar-refractivity contribution in [1.29, 1.82) is 0 Å². The zero-order valence-electron chi connectivity index (χ0n) is 12.0. The van der Waals surface area contributed by atoms with E-state index in [1.165, 1.54) is 0 Å². The number of rotatable bonds is 8. The molecule has 0 bridgehead atoms. The fourth-order valence-electron chi connectivity index (χ4n) is 2.00. The molecule has 1 aromatic carbocycles. The molecule has 3 nitrogen and oxygen atoms in total. The first-order chi connectivity index (χ1) is 8.97. The number of likely N-dealkylation sites (N-methyl/N-ethyl adjacent to an activating group) is 1. The van der Waals surface area contributed by atoms with Gasteiger partial charge >= 0.3 is 0 Å². The second-order valence-electron chi connectivity index (χ2n) is 5.41. The summed E-state index contributed by atoms with van der Waals surface area (Å²) in [5.41, 5.74) is 1.06. The van der Waals surface area contributed by atoms with Crippen molar-refractivity contribution in [3.05, 3.63) is 34.9 Å². The lowest BCUT2D eigenvalue weighted by Crippen LogP contribution is -2.34. The molecule has 0 fully saturated rings. The Hall–Kier alpha value is -0.610. The van der Waals surface area contributed by atoms with E-state index in [9.17, 15) is 5.11 Å². The molecule has 108 valence electrons. The van der Waals surface area contributed by atoms with E-state index in [0.29, 0.717) is 25.7 Å². The van der Waals surface area contributed by atoms with Crippen LogP contribution < -0.4 is 0 Å². The van der Waals surface area contributed by atoms with Gasteiger partial charge in [0.05, 0.1) is 19.3 Å². The summed E-state index contributed by atoms with van der Waals surface area (Å²) in [7, 11) is 2.02. The quantitative estimate of drug-likeness (QED) is 0.797. The first kappa shape index (κ1) is 16.4. The first-order valence-electron chi connectivity index (χ1n) is 6.66. The van der Waals surface area contributed by atoms with Gasteiger partial charge in [-0.3, -0.25) is 0 Å². The molecule has 0 heterocycles. The van der Waals surface area contributed by atoms with Gasteiger partial charge in [-0.25, -0.2) is 0 Å². The van der Waals surface area contributed by atoms with Crippen LogP contribution in [-0.2, 0) is 11.3 Å². The summed E-state index contributed by atoms with van der Waals surface area (Å²) in [4.78, 5) is 2.13. The van der Waals surface area contributed by atoms with E-state index in [4.69, 9.17) is 16.3 Å². The van der Waals surface area contributed by atoms with Gasteiger partial charge < -0.3 is 14.7 Å². The van der Waals surface area contributed by atoms with Crippen LogP contribution in [0.15, 0.2) is 24.3 Å². The SMILES string of the molecule is CC(C)CN(C)CC(O)COCc1ccc(Cl)cc1. The predicted molar refractivity (Wildman–Crippen MR) is 79.4 cm³/mol. The summed E-state index contributed by atoms with van der Waals surface area (Å²) in [6.45, 7) is 6.81. The topological polar surface area (TPSA) is 32.7 Å². The van der Waals surface area contributed by atoms with Gasteiger partial charge in [0.15, 0.2) is 0 Å². The molecule has 0 aliphatic rings. The van der Waals surface area contributed by atoms with E-state index in [1.54, 1.807) is 0 Å². The zero-order chi connectivity index (χ0) is 14.3. The molecule has 4 heteroatoms. The summed E-state index contributed by atoms with van der Waals surface area (Å²) >= 11 is 5.81. The highest BCUT2D eigenvalue weighted by Crippen LogP contribution is 2.10. The van der Waals surface area contributed by atoms with Gasteiger partial charge in [-0.2, -0.15) is 0 Å². The molecule has 0 aliphatic carbocycles. The highest BCUT2D eigenvalue weighted by Gasteiger charge is 2.09. The third kappa shape index (κ3) is 7.53. The minimum absolute atomic E-state index is 0.352. The van der Waals surface area contributed by atoms with Gasteiger partial charge in [0.1, 0.15) is 0 Å². The highest BCUT2D eigenvalue weighted by molar-refractivity contribution is 6.30. The Morgan fingerprint density at radius 1 is 1.21 bits per heavy atom. The smallest absolute Gasteiger partial charge is 0.0900 e. The Morgan fingerprint density at radius 2 is 1.84 bits per heavy atom. The van der Waals surface area contributed by atoms with E-state index in [2.05, 4.69) is 18.7 Å². The van der Waals surface area contributed by atoms with Gasteiger partial charge in [0.2, 0.25) is 0 Å². The highest BCUT2D eigenvalue weighted by atomic mass is 35.5. The molecule has 1 atom stereocenters. The van der Waals surface area contributed by atoms with Crippen molar-refractivity contribution in [2.45, 2.75) is 26.6 Å². The molecule has 0 saturated carbocycles. The van der Waals surface area contributed by atoms with Gasteiger partial charge in [0.25, 0.3) is 0 Å². The van der Waals surface area contributed by atoms with Crippen LogP contribution in [0, 0.1) is 5.92 Å². The standard InChI is InChI=1S/C15H24ClNO2/c1-12(2)8-17(3)9-15(18)11-19-10-13-4-6-14(16)7-5-13/h4-7,12,15,18H,8-11H2,1-3H3. The molecule has 0 radical (unpaired) electrons. The number of ether oxygens (including phenoxy) is 1. The van der Waals surface area contributed by atoms with E-state index >= 15 is 0 Å². The lowest BCUT2D eigenvalue weighted by molar-refractivity contribution is 0.0124. The average molecular weight is 286 g/mol. The van der Waals surface area contributed by atoms with Crippen LogP contribution in [0.3, 0.4) is 0 Å². The average Bonchev–Trinajstić information content (AvgIpc) is 2.30. The summed E-state index contributed by atoms with van der Waals surface area (Å²) in [6, 6.07) is 7.54. The maximum Gasteiger partial charge on any atom is 0.0900 e. The van der Waals surface area contributed by atoms with Gasteiger partial charge in [-0.15, -0.1) is 0 Å². The van der Waals surface area contributed by atoms with Crippen LogP contribution in [0.4, 0.5) is 0 Å². The molecule has 1 unspecified atom stereocenters. The molecule has 1 aromatic rings. The monoisotopic (exact) mass is 285 g/mol. The maximum atomic E-state index is 9.87. The number of benzene rings is 1. The van der Waals surface area contributed by atoms with Crippen molar-refractivity contribution in [3.63, 3.8) is 0 Å². The largest absolute Gasteiger partial charge is 0.389 e. The summed E-state index contributed by atoms with van der Waals surface area (Å²) in [5.74, 6) is 0.604. The summed E-state index contributed by atoms with van der Waals surface area (Å²) in [6.07, 6.45) is -0.448. The third-order valence-corrected chi connectivity index (χ3v) is 2.94. The molecule has 0 aromatic heterocycles. The molecule has 0 aliphatic heterocycles. The van der Waals surface area contributed by atoms with Crippen molar-refractivity contribution >= 4 is 11.6 Å². The van der Waals surface area contributed by atoms with Gasteiger partial charge in [-0.05, 0) is 30.7 Å². The number of aliphatic hydroxyl groups is 1. The van der Waals surface area contributed by atoms with Crippen LogP contribution in [-0.4, -0.2) is 42.9 Å². The summed E-state index contributed by atoms with van der Waals surface area (Å²) < 4.78 is 5.51. The Labute approximate surface area is 121 Å². The lowest BCUT2D eigenvalue weighted by atomic mass is 10.2. The number of halogens is 1. The number of aliphatic hydroxyl groups excluding tert-OH is 1. The predicted octanol–water partition coefficient (Wildman–Crippen LogP) is 2.81. The van der Waals surface area contributed by atoms with Crippen molar-refractivity contribution in [2.24, 2.45) is 5.92 Å². The molecular formula is C15H24ClNO2. The summed E-state index contributed by atoms with van der Waals surface area (Å²) in [5, 5.41) is 10.6. The Morgan fingerprint density at radius 3 is 2.42 bits per heavy atom. The van der Waals surface area contributed by atoms with E-state index in [0.717, 1.165) is 17.1 Å². The van der Waals surface area contributed by atoms with Crippen LogP contribution in [0.5, 0.6) is 0 Å². The fourth-order valence-corrected chi connectivity index (χ4v) is 2.13. The van der Waals surface area contributed by atoms with Crippen molar-refractivity contribution in [1.82, 2.24) is 4.90 Å². The molecule has 1 N–H and O–H groups in total. The normalized spacial score (nSPS) is 13.2. The third-order valence-electron chi connectivity index (χ3n) is 2.69. The van der Waals surface area contributed by atoms with Crippen LogP contribution >= 0.6 is 11.6 Å². The van der Waals surface area contributed by atoms with Gasteiger partial charge in [-0.1, -0.05) is 37.6 Å². The molecule has 0 amide bonds. The molecule has 0 spiro atoms. The van der Waals surface area contributed by atoms with Crippen molar-refractivity contribution in [2.75, 3.05) is 26.7 Å². The Bertz CT molecular complexity index is 354. The number of hydrogen-bond acceptors (Lipinski definition) is 3. The van der Waals surface area contributed by atoms with Crippen molar-refractivity contribution < 1.29 is 9.84 Å². The molecular weight excluding hydrogens is 262 g/mol. The molecule has 1 rings (SSSR count). The minimum atomic E-state index is -0.448. The van der Waals surface area contributed by atoms with Crippen LogP contribution in [0.2, 0.25) is 5.02 Å². The first-order valence-corrected chi connectivity index (χ1v) is 7.04. The van der Waals surface area contributed by atoms with Gasteiger partial charge in [0, 0.05) is 18.1 Å².